The maximum absolute atomic E-state index is 12.1. The normalized spacial score (nSPS) is 10.6. The Morgan fingerprint density at radius 1 is 1.50 bits per heavy atom. The summed E-state index contributed by atoms with van der Waals surface area (Å²) in [6.07, 6.45) is 2.64. The van der Waals surface area contributed by atoms with Crippen LogP contribution in [0, 0.1) is 13.8 Å². The predicted octanol–water partition coefficient (Wildman–Crippen LogP) is 1.89. The van der Waals surface area contributed by atoms with Crippen LogP contribution in [0.4, 0.5) is 5.82 Å². The molecular formula is C12H17N5O. The van der Waals surface area contributed by atoms with E-state index in [1.54, 1.807) is 16.9 Å². The number of aromatic amines is 1. The van der Waals surface area contributed by atoms with Gasteiger partial charge in [-0.1, -0.05) is 6.92 Å². The molecule has 2 aromatic rings. The van der Waals surface area contributed by atoms with Crippen LogP contribution in [0.5, 0.6) is 0 Å². The summed E-state index contributed by atoms with van der Waals surface area (Å²) in [5, 5.41) is 13.8. The fraction of sp³-hybridized carbons (Fsp3) is 0.417. The molecule has 18 heavy (non-hydrogen) atoms. The number of amides is 1. The summed E-state index contributed by atoms with van der Waals surface area (Å²) in [5.74, 6) is 0.483. The van der Waals surface area contributed by atoms with Crippen LogP contribution >= 0.6 is 0 Å². The second kappa shape index (κ2) is 5.03. The number of hydrogen-bond donors (Lipinski definition) is 2. The Labute approximate surface area is 105 Å². The van der Waals surface area contributed by atoms with Gasteiger partial charge in [-0.2, -0.15) is 10.2 Å². The van der Waals surface area contributed by atoms with Crippen molar-refractivity contribution < 1.29 is 4.79 Å². The van der Waals surface area contributed by atoms with Crippen molar-refractivity contribution in [2.75, 3.05) is 5.32 Å². The first-order valence-corrected chi connectivity index (χ1v) is 5.98. The van der Waals surface area contributed by atoms with Crippen LogP contribution in [0.2, 0.25) is 0 Å². The van der Waals surface area contributed by atoms with Crippen molar-refractivity contribution in [1.29, 1.82) is 0 Å². The molecule has 0 unspecified atom stereocenters. The first-order chi connectivity index (χ1) is 8.63. The van der Waals surface area contributed by atoms with E-state index in [1.807, 2.05) is 13.8 Å². The van der Waals surface area contributed by atoms with Crippen LogP contribution in [0.15, 0.2) is 12.3 Å². The van der Waals surface area contributed by atoms with Gasteiger partial charge in [0.25, 0.3) is 5.91 Å². The van der Waals surface area contributed by atoms with Crippen LogP contribution in [-0.2, 0) is 6.54 Å². The van der Waals surface area contributed by atoms with Gasteiger partial charge in [0.05, 0.1) is 6.20 Å². The predicted molar refractivity (Wildman–Crippen MR) is 68.5 cm³/mol. The van der Waals surface area contributed by atoms with E-state index in [2.05, 4.69) is 27.5 Å². The van der Waals surface area contributed by atoms with Crippen LogP contribution in [0.1, 0.15) is 35.1 Å². The van der Waals surface area contributed by atoms with E-state index in [1.165, 1.54) is 0 Å². The van der Waals surface area contributed by atoms with E-state index in [-0.39, 0.29) is 5.91 Å². The lowest BCUT2D eigenvalue weighted by atomic mass is 10.2. The van der Waals surface area contributed by atoms with Gasteiger partial charge in [0.2, 0.25) is 0 Å². The number of aromatic nitrogens is 4. The molecule has 6 nitrogen and oxygen atoms in total. The molecule has 0 aliphatic heterocycles. The minimum atomic E-state index is -0.213. The quantitative estimate of drug-likeness (QED) is 0.866. The summed E-state index contributed by atoms with van der Waals surface area (Å²) in [6, 6.07) is 1.78. The monoisotopic (exact) mass is 247 g/mol. The summed E-state index contributed by atoms with van der Waals surface area (Å²) in [5.41, 5.74) is 2.20. The smallest absolute Gasteiger partial charge is 0.277 e. The summed E-state index contributed by atoms with van der Waals surface area (Å²) >= 11 is 0. The summed E-state index contributed by atoms with van der Waals surface area (Å²) < 4.78 is 1.77. The lowest BCUT2D eigenvalue weighted by Gasteiger charge is -2.07. The van der Waals surface area contributed by atoms with Crippen molar-refractivity contribution in [2.45, 2.75) is 33.7 Å². The van der Waals surface area contributed by atoms with Crippen molar-refractivity contribution in [1.82, 2.24) is 20.0 Å². The van der Waals surface area contributed by atoms with E-state index in [4.69, 9.17) is 0 Å². The molecule has 2 aromatic heterocycles. The molecule has 0 aliphatic rings. The van der Waals surface area contributed by atoms with E-state index in [9.17, 15) is 4.79 Å². The van der Waals surface area contributed by atoms with E-state index < -0.39 is 0 Å². The highest BCUT2D eigenvalue weighted by atomic mass is 16.2. The first-order valence-electron chi connectivity index (χ1n) is 5.98. The molecule has 0 bridgehead atoms. The third kappa shape index (κ3) is 2.27. The SMILES string of the molecule is CCCn1nccc1NC(=O)c1n[nH]c(C)c1C. The molecule has 2 rings (SSSR count). The molecule has 0 saturated heterocycles. The first kappa shape index (κ1) is 12.3. The number of carbonyl (C=O) groups excluding carboxylic acids is 1. The standard InChI is InChI=1S/C12H17N5O/c1-4-7-17-10(5-6-13-17)14-12(18)11-8(2)9(3)15-16-11/h5-6H,4,7H2,1-3H3,(H,14,18)(H,15,16). The fourth-order valence-electron chi connectivity index (χ4n) is 1.71. The van der Waals surface area contributed by atoms with Gasteiger partial charge in [-0.25, -0.2) is 4.68 Å². The van der Waals surface area contributed by atoms with Crippen LogP contribution in [0.25, 0.3) is 0 Å². The van der Waals surface area contributed by atoms with Gasteiger partial charge in [0.1, 0.15) is 5.82 Å². The topological polar surface area (TPSA) is 75.6 Å². The summed E-state index contributed by atoms with van der Waals surface area (Å²) in [7, 11) is 0. The third-order valence-electron chi connectivity index (χ3n) is 2.86. The fourth-order valence-corrected chi connectivity index (χ4v) is 1.71. The Balaban J connectivity index is 2.16. The average molecular weight is 247 g/mol. The summed E-state index contributed by atoms with van der Waals surface area (Å²) in [6.45, 7) is 6.60. The number of rotatable bonds is 4. The summed E-state index contributed by atoms with van der Waals surface area (Å²) in [4.78, 5) is 12.1. The number of nitrogens with zero attached hydrogens (tertiary/aromatic N) is 3. The Morgan fingerprint density at radius 3 is 2.89 bits per heavy atom. The minimum absolute atomic E-state index is 0.213. The van der Waals surface area contributed by atoms with Gasteiger partial charge < -0.3 is 5.32 Å². The molecule has 0 fully saturated rings. The number of hydrogen-bond acceptors (Lipinski definition) is 3. The number of H-pyrrole nitrogens is 1. The van der Waals surface area contributed by atoms with Crippen molar-refractivity contribution in [2.24, 2.45) is 0 Å². The van der Waals surface area contributed by atoms with E-state index in [0.717, 1.165) is 24.2 Å². The van der Waals surface area contributed by atoms with Gasteiger partial charge in [-0.05, 0) is 20.3 Å². The second-order valence-corrected chi connectivity index (χ2v) is 4.22. The molecule has 2 heterocycles. The molecule has 96 valence electrons. The molecule has 0 aliphatic carbocycles. The van der Waals surface area contributed by atoms with Gasteiger partial charge in [0.15, 0.2) is 5.69 Å². The van der Waals surface area contributed by atoms with Crippen molar-refractivity contribution in [3.63, 3.8) is 0 Å². The minimum Gasteiger partial charge on any atom is -0.305 e. The lowest BCUT2D eigenvalue weighted by molar-refractivity contribution is 0.102. The zero-order chi connectivity index (χ0) is 13.1. The van der Waals surface area contributed by atoms with E-state index in [0.29, 0.717) is 11.5 Å². The second-order valence-electron chi connectivity index (χ2n) is 4.22. The highest BCUT2D eigenvalue weighted by Gasteiger charge is 2.15. The highest BCUT2D eigenvalue weighted by molar-refractivity contribution is 6.03. The Hall–Kier alpha value is -2.11. The van der Waals surface area contributed by atoms with E-state index >= 15 is 0 Å². The Bertz CT molecular complexity index is 555. The number of aryl methyl sites for hydroxylation is 2. The molecule has 0 saturated carbocycles. The van der Waals surface area contributed by atoms with Crippen LogP contribution in [-0.4, -0.2) is 25.9 Å². The number of carbonyl (C=O) groups is 1. The van der Waals surface area contributed by atoms with Crippen molar-refractivity contribution >= 4 is 11.7 Å². The molecule has 0 spiro atoms. The maximum Gasteiger partial charge on any atom is 0.277 e. The van der Waals surface area contributed by atoms with Gasteiger partial charge in [0, 0.05) is 23.9 Å². The number of nitrogens with one attached hydrogen (secondary N) is 2. The molecule has 0 aromatic carbocycles. The molecule has 0 radical (unpaired) electrons. The Kier molecular flexibility index (Phi) is 3.45. The lowest BCUT2D eigenvalue weighted by Crippen LogP contribution is -2.17. The van der Waals surface area contributed by atoms with Crippen molar-refractivity contribution in [3.05, 3.63) is 29.2 Å². The molecule has 0 atom stereocenters. The van der Waals surface area contributed by atoms with Crippen LogP contribution in [0.3, 0.4) is 0 Å². The third-order valence-corrected chi connectivity index (χ3v) is 2.86. The van der Waals surface area contributed by atoms with Gasteiger partial charge in [-0.3, -0.25) is 9.89 Å². The number of anilines is 1. The van der Waals surface area contributed by atoms with Crippen LogP contribution < -0.4 is 5.32 Å². The molecular weight excluding hydrogens is 230 g/mol. The van der Waals surface area contributed by atoms with Gasteiger partial charge in [-0.15, -0.1) is 0 Å². The Morgan fingerprint density at radius 2 is 2.28 bits per heavy atom. The van der Waals surface area contributed by atoms with Gasteiger partial charge >= 0.3 is 0 Å². The molecule has 2 N–H and O–H groups in total. The zero-order valence-electron chi connectivity index (χ0n) is 10.8. The average Bonchev–Trinajstić information content (AvgIpc) is 2.89. The largest absolute Gasteiger partial charge is 0.305 e. The molecule has 1 amide bonds. The highest BCUT2D eigenvalue weighted by Crippen LogP contribution is 2.12. The maximum atomic E-state index is 12.1. The van der Waals surface area contributed by atoms with Crippen molar-refractivity contribution in [3.8, 4) is 0 Å². The zero-order valence-corrected chi connectivity index (χ0v) is 10.8. The molecule has 6 heteroatoms.